The Labute approximate surface area is 331 Å². The van der Waals surface area contributed by atoms with Crippen LogP contribution in [0, 0.1) is 0 Å². The first-order chi connectivity index (χ1) is 28.2. The van der Waals surface area contributed by atoms with Crippen LogP contribution in [0.2, 0.25) is 0 Å². The van der Waals surface area contributed by atoms with Gasteiger partial charge in [0.25, 0.3) is 0 Å². The summed E-state index contributed by atoms with van der Waals surface area (Å²) in [6, 6.07) is 64.3. The molecule has 8 aromatic carbocycles. The van der Waals surface area contributed by atoms with E-state index >= 15 is 0 Å². The maximum Gasteiger partial charge on any atom is 0.159 e. The average Bonchev–Trinajstić information content (AvgIpc) is 3.96. The van der Waals surface area contributed by atoms with Gasteiger partial charge < -0.3 is 14.3 Å². The molecule has 0 radical (unpaired) electrons. The number of benzene rings is 8. The normalized spacial score (nSPS) is 14.5. The third-order valence-corrected chi connectivity index (χ3v) is 12.5. The summed E-state index contributed by atoms with van der Waals surface area (Å²) in [4.78, 5) is 10.1. The van der Waals surface area contributed by atoms with E-state index in [2.05, 4.69) is 155 Å². The first-order valence-electron chi connectivity index (χ1n) is 19.2. The van der Waals surface area contributed by atoms with Gasteiger partial charge in [0.05, 0.1) is 21.4 Å². The summed E-state index contributed by atoms with van der Waals surface area (Å²) in [7, 11) is 0. The molecular formula is C51H32N4OS. The second-order valence-electron chi connectivity index (χ2n) is 14.6. The molecule has 1 atom stereocenters. The number of nitrogens with one attached hydrogen (secondary N) is 1. The summed E-state index contributed by atoms with van der Waals surface area (Å²) in [6.45, 7) is 0. The zero-order valence-electron chi connectivity index (χ0n) is 30.6. The van der Waals surface area contributed by atoms with Gasteiger partial charge in [-0.1, -0.05) is 140 Å². The van der Waals surface area contributed by atoms with Gasteiger partial charge in [0.2, 0.25) is 0 Å². The molecule has 3 aromatic heterocycles. The van der Waals surface area contributed by atoms with Crippen molar-refractivity contribution in [3.05, 3.63) is 199 Å². The Bertz CT molecular complexity index is 3390. The number of thiophene rings is 1. The van der Waals surface area contributed by atoms with Gasteiger partial charge in [0.15, 0.2) is 12.0 Å². The number of hydrogen-bond donors (Lipinski definition) is 1. The van der Waals surface area contributed by atoms with Crippen molar-refractivity contribution >= 4 is 86.9 Å². The van der Waals surface area contributed by atoms with E-state index in [-0.39, 0.29) is 0 Å². The number of aromatic nitrogens is 1. The predicted molar refractivity (Wildman–Crippen MR) is 238 cm³/mol. The summed E-state index contributed by atoms with van der Waals surface area (Å²) in [6.07, 6.45) is -0.390. The van der Waals surface area contributed by atoms with Crippen LogP contribution in [0.1, 0.15) is 22.9 Å². The van der Waals surface area contributed by atoms with Crippen LogP contribution in [0.3, 0.4) is 0 Å². The monoisotopic (exact) mass is 748 g/mol. The summed E-state index contributed by atoms with van der Waals surface area (Å²) in [5, 5.41) is 10.8. The Hall–Kier alpha value is -7.28. The lowest BCUT2D eigenvalue weighted by Crippen LogP contribution is -2.33. The molecule has 57 heavy (non-hydrogen) atoms. The molecule has 11 aromatic rings. The van der Waals surface area contributed by atoms with Crippen LogP contribution in [0.4, 0.5) is 0 Å². The van der Waals surface area contributed by atoms with E-state index in [4.69, 9.17) is 14.4 Å². The van der Waals surface area contributed by atoms with Crippen LogP contribution in [-0.2, 0) is 0 Å². The van der Waals surface area contributed by atoms with Crippen molar-refractivity contribution in [1.29, 1.82) is 0 Å². The molecule has 1 aliphatic heterocycles. The Morgan fingerprint density at radius 1 is 0.509 bits per heavy atom. The van der Waals surface area contributed by atoms with Gasteiger partial charge in [0, 0.05) is 53.7 Å². The van der Waals surface area contributed by atoms with E-state index in [1.807, 2.05) is 47.7 Å². The van der Waals surface area contributed by atoms with Gasteiger partial charge in [-0.2, -0.15) is 0 Å². The molecule has 1 aliphatic rings. The van der Waals surface area contributed by atoms with Gasteiger partial charge in [-0.05, 0) is 53.6 Å². The number of fused-ring (bicyclic) bond motifs is 9. The van der Waals surface area contributed by atoms with E-state index in [0.29, 0.717) is 5.84 Å². The molecule has 268 valence electrons. The molecule has 0 amide bonds. The van der Waals surface area contributed by atoms with Crippen molar-refractivity contribution in [1.82, 2.24) is 9.88 Å². The Kier molecular flexibility index (Phi) is 7.09. The largest absolute Gasteiger partial charge is 0.456 e. The van der Waals surface area contributed by atoms with Crippen molar-refractivity contribution in [2.75, 3.05) is 0 Å². The molecule has 0 fully saturated rings. The lowest BCUT2D eigenvalue weighted by atomic mass is 10.00. The van der Waals surface area contributed by atoms with Crippen molar-refractivity contribution < 1.29 is 4.42 Å². The lowest BCUT2D eigenvalue weighted by molar-refractivity contribution is 0.628. The first-order valence-corrected chi connectivity index (χ1v) is 20.0. The number of furan rings is 1. The Morgan fingerprint density at radius 3 is 1.91 bits per heavy atom. The topological polar surface area (TPSA) is 54.8 Å². The highest BCUT2D eigenvalue weighted by Crippen LogP contribution is 2.43. The van der Waals surface area contributed by atoms with Crippen LogP contribution in [-0.4, -0.2) is 16.2 Å². The highest BCUT2D eigenvalue weighted by molar-refractivity contribution is 7.26. The summed E-state index contributed by atoms with van der Waals surface area (Å²) < 4.78 is 11.7. The number of amidine groups is 2. The molecule has 1 unspecified atom stereocenters. The van der Waals surface area contributed by atoms with E-state index in [9.17, 15) is 0 Å². The molecule has 0 saturated heterocycles. The molecule has 0 aliphatic carbocycles. The van der Waals surface area contributed by atoms with E-state index in [1.54, 1.807) is 0 Å². The fourth-order valence-electron chi connectivity index (χ4n) is 8.61. The van der Waals surface area contributed by atoms with Gasteiger partial charge in [-0.15, -0.1) is 11.3 Å². The summed E-state index contributed by atoms with van der Waals surface area (Å²) in [5.74, 6) is 1.47. The highest BCUT2D eigenvalue weighted by atomic mass is 32.1. The fraction of sp³-hybridized carbons (Fsp3) is 0.0196. The van der Waals surface area contributed by atoms with Crippen LogP contribution in [0.15, 0.2) is 196 Å². The van der Waals surface area contributed by atoms with Crippen LogP contribution in [0.25, 0.3) is 80.7 Å². The van der Waals surface area contributed by atoms with Gasteiger partial charge >= 0.3 is 0 Å². The first kappa shape index (κ1) is 32.0. The number of hydrogen-bond acceptors (Lipinski definition) is 5. The molecule has 6 heteroatoms. The van der Waals surface area contributed by atoms with Gasteiger partial charge in [0.1, 0.15) is 17.0 Å². The van der Waals surface area contributed by atoms with Gasteiger partial charge in [-0.25, -0.2) is 9.98 Å². The Balaban J connectivity index is 0.962. The molecule has 5 nitrogen and oxygen atoms in total. The third-order valence-electron chi connectivity index (χ3n) is 11.3. The number of aliphatic imine (C=N–C) groups is 2. The molecule has 0 bridgehead atoms. The Morgan fingerprint density at radius 2 is 1.14 bits per heavy atom. The lowest BCUT2D eigenvalue weighted by Gasteiger charge is -2.23. The maximum atomic E-state index is 6.68. The van der Waals surface area contributed by atoms with E-state index in [1.165, 1.54) is 53.2 Å². The minimum Gasteiger partial charge on any atom is -0.456 e. The minimum absolute atomic E-state index is 0.390. The van der Waals surface area contributed by atoms with Gasteiger partial charge in [-0.3, -0.25) is 0 Å². The predicted octanol–water partition coefficient (Wildman–Crippen LogP) is 13.2. The third kappa shape index (κ3) is 5.08. The fourth-order valence-corrected chi connectivity index (χ4v) is 9.79. The molecule has 0 saturated carbocycles. The molecule has 1 N–H and O–H groups in total. The summed E-state index contributed by atoms with van der Waals surface area (Å²) >= 11 is 1.86. The minimum atomic E-state index is -0.390. The van der Waals surface area contributed by atoms with Crippen LogP contribution in [0.5, 0.6) is 0 Å². The van der Waals surface area contributed by atoms with Crippen molar-refractivity contribution in [2.24, 2.45) is 9.98 Å². The zero-order chi connectivity index (χ0) is 37.5. The average molecular weight is 749 g/mol. The molecule has 4 heterocycles. The van der Waals surface area contributed by atoms with Crippen LogP contribution >= 0.6 is 11.3 Å². The summed E-state index contributed by atoms with van der Waals surface area (Å²) in [5.41, 5.74) is 10.6. The number of rotatable bonds is 5. The molecule has 0 spiro atoms. The quantitative estimate of drug-likeness (QED) is 0.191. The standard InChI is InChI=1S/C51H32N4OS/c1-3-13-31(14-4-1)49-52-50(32-15-5-2-6-16-32)54-51(53-49)39-21-11-19-37-40-29-33(25-27-45(40)56-47(37)39)34-26-28-46-41(30-34)38-20-12-24-44(48(38)57-46)55-42-22-9-7-17-35(42)36-18-8-10-23-43(36)55/h1-30,51H,(H,52,53,54). The zero-order valence-corrected chi connectivity index (χ0v) is 31.4. The van der Waals surface area contributed by atoms with Crippen molar-refractivity contribution in [3.8, 4) is 16.8 Å². The van der Waals surface area contributed by atoms with Crippen molar-refractivity contribution in [3.63, 3.8) is 0 Å². The smallest absolute Gasteiger partial charge is 0.159 e. The van der Waals surface area contributed by atoms with E-state index < -0.39 is 6.17 Å². The van der Waals surface area contributed by atoms with E-state index in [0.717, 1.165) is 50.0 Å². The molecular weight excluding hydrogens is 717 g/mol. The second-order valence-corrected chi connectivity index (χ2v) is 15.6. The second kappa shape index (κ2) is 12.6. The maximum absolute atomic E-state index is 6.68. The number of para-hydroxylation sites is 3. The molecule has 12 rings (SSSR count). The van der Waals surface area contributed by atoms with Crippen LogP contribution < -0.4 is 5.32 Å². The highest BCUT2D eigenvalue weighted by Gasteiger charge is 2.25. The SMILES string of the molecule is c1ccc(C2=NC(c3cccc4c3oc3ccc(-c5ccc6sc7c(-n8c9ccccc9c9ccccc98)cccc7c6c5)cc34)NC(c3ccccc3)=N2)cc1. The van der Waals surface area contributed by atoms with Crippen molar-refractivity contribution in [2.45, 2.75) is 6.17 Å². The number of nitrogens with zero attached hydrogens (tertiary/aromatic N) is 3.